The summed E-state index contributed by atoms with van der Waals surface area (Å²) in [6.45, 7) is 8.12. The lowest BCUT2D eigenvalue weighted by atomic mass is 9.99. The summed E-state index contributed by atoms with van der Waals surface area (Å²) in [4.78, 5) is 0. The average Bonchev–Trinajstić information content (AvgIpc) is 3.22. The number of rotatable bonds is 7. The highest BCUT2D eigenvalue weighted by Gasteiger charge is 2.21. The monoisotopic (exact) mass is 415 g/mol. The summed E-state index contributed by atoms with van der Waals surface area (Å²) >= 11 is 7.17. The second-order valence-corrected chi connectivity index (χ2v) is 7.54. The molecular weight excluding hydrogens is 394 g/mol. The number of nitrogens with one attached hydrogen (secondary N) is 1. The Bertz CT molecular complexity index is 522. The largest absolute Gasteiger partial charge is 0.492 e. The van der Waals surface area contributed by atoms with Crippen LogP contribution in [0.3, 0.4) is 0 Å². The number of hydrogen-bond acceptors (Lipinski definition) is 2. The van der Waals surface area contributed by atoms with E-state index in [0.717, 1.165) is 32.8 Å². The molecule has 0 aliphatic heterocycles. The maximum atomic E-state index is 5.81. The molecule has 2 rings (SSSR count). The molecule has 1 saturated carbocycles. The van der Waals surface area contributed by atoms with Gasteiger partial charge >= 0.3 is 0 Å². The van der Waals surface area contributed by atoms with Crippen LogP contribution in [0, 0.1) is 5.92 Å². The van der Waals surface area contributed by atoms with Gasteiger partial charge < -0.3 is 10.1 Å². The van der Waals surface area contributed by atoms with Crippen molar-refractivity contribution in [2.45, 2.75) is 39.7 Å². The van der Waals surface area contributed by atoms with Crippen molar-refractivity contribution >= 4 is 37.9 Å². The van der Waals surface area contributed by atoms with Crippen LogP contribution in [-0.4, -0.2) is 19.2 Å². The fourth-order valence-electron chi connectivity index (χ4n) is 2.16. The van der Waals surface area contributed by atoms with E-state index in [9.17, 15) is 0 Å². The Balaban J connectivity index is 2.29. The summed E-state index contributed by atoms with van der Waals surface area (Å²) in [6.07, 6.45) is 4.90. The fraction of sp³-hybridized carbons (Fsp3) is 0.529. The van der Waals surface area contributed by atoms with Crippen LogP contribution in [0.1, 0.15) is 39.2 Å². The minimum atomic E-state index is 0.517. The van der Waals surface area contributed by atoms with E-state index >= 15 is 0 Å². The minimum Gasteiger partial charge on any atom is -0.492 e. The first-order chi connectivity index (χ1) is 10.0. The topological polar surface area (TPSA) is 21.3 Å². The quantitative estimate of drug-likeness (QED) is 0.642. The molecule has 1 fully saturated rings. The highest BCUT2D eigenvalue weighted by molar-refractivity contribution is 9.11. The van der Waals surface area contributed by atoms with Crippen LogP contribution in [0.15, 0.2) is 26.7 Å². The zero-order valence-electron chi connectivity index (χ0n) is 12.9. The molecule has 1 N–H and O–H groups in total. The number of hydrogen-bond donors (Lipinski definition) is 1. The summed E-state index contributed by atoms with van der Waals surface area (Å²) < 4.78 is 7.86. The second kappa shape index (κ2) is 7.80. The van der Waals surface area contributed by atoms with Crippen LogP contribution in [-0.2, 0) is 0 Å². The first-order valence-corrected chi connectivity index (χ1v) is 9.15. The Kier molecular flexibility index (Phi) is 6.33. The van der Waals surface area contributed by atoms with Gasteiger partial charge in [0.1, 0.15) is 5.75 Å². The molecule has 0 radical (unpaired) electrons. The molecule has 1 aromatic carbocycles. The minimum absolute atomic E-state index is 0.517. The third-order valence-electron chi connectivity index (χ3n) is 3.58. The van der Waals surface area contributed by atoms with Crippen LogP contribution >= 0.6 is 31.9 Å². The third-order valence-corrected chi connectivity index (χ3v) is 4.63. The maximum absolute atomic E-state index is 5.81. The molecule has 1 aliphatic carbocycles. The Morgan fingerprint density at radius 3 is 2.67 bits per heavy atom. The number of halogens is 2. The van der Waals surface area contributed by atoms with E-state index in [1.165, 1.54) is 18.4 Å². The van der Waals surface area contributed by atoms with E-state index in [-0.39, 0.29) is 0 Å². The summed E-state index contributed by atoms with van der Waals surface area (Å²) in [6, 6.07) is 4.88. The molecule has 0 aromatic heterocycles. The SMILES string of the molecule is CCOc1c(Br)cc(Br)cc1C=C(CNC1CC1)C(C)C. The summed E-state index contributed by atoms with van der Waals surface area (Å²) in [5.74, 6) is 1.44. The molecule has 21 heavy (non-hydrogen) atoms. The van der Waals surface area contributed by atoms with Crippen molar-refractivity contribution < 1.29 is 4.74 Å². The van der Waals surface area contributed by atoms with Gasteiger partial charge in [0.2, 0.25) is 0 Å². The van der Waals surface area contributed by atoms with Gasteiger partial charge in [-0.2, -0.15) is 0 Å². The van der Waals surface area contributed by atoms with Crippen molar-refractivity contribution in [2.24, 2.45) is 5.92 Å². The van der Waals surface area contributed by atoms with Crippen LogP contribution < -0.4 is 10.1 Å². The lowest BCUT2D eigenvalue weighted by Gasteiger charge is -2.15. The van der Waals surface area contributed by atoms with E-state index in [0.29, 0.717) is 12.5 Å². The normalized spacial score (nSPS) is 15.6. The van der Waals surface area contributed by atoms with Gasteiger partial charge in [-0.1, -0.05) is 41.4 Å². The number of ether oxygens (including phenoxy) is 1. The molecule has 4 heteroatoms. The maximum Gasteiger partial charge on any atom is 0.140 e. The molecule has 116 valence electrons. The first-order valence-electron chi connectivity index (χ1n) is 7.57. The Labute approximate surface area is 144 Å². The molecule has 1 aromatic rings. The van der Waals surface area contributed by atoms with Crippen molar-refractivity contribution in [3.8, 4) is 5.75 Å². The van der Waals surface area contributed by atoms with Crippen molar-refractivity contribution in [1.29, 1.82) is 0 Å². The molecule has 0 heterocycles. The molecule has 0 bridgehead atoms. The highest BCUT2D eigenvalue weighted by Crippen LogP contribution is 2.35. The van der Waals surface area contributed by atoms with Crippen LogP contribution in [0.4, 0.5) is 0 Å². The lowest BCUT2D eigenvalue weighted by molar-refractivity contribution is 0.337. The zero-order valence-corrected chi connectivity index (χ0v) is 16.1. The number of benzene rings is 1. The van der Waals surface area contributed by atoms with Gasteiger partial charge in [-0.3, -0.25) is 0 Å². The Morgan fingerprint density at radius 2 is 2.10 bits per heavy atom. The summed E-state index contributed by atoms with van der Waals surface area (Å²) in [5, 5.41) is 3.61. The predicted octanol–water partition coefficient (Wildman–Crippen LogP) is 5.40. The van der Waals surface area contributed by atoms with E-state index in [1.807, 2.05) is 13.0 Å². The van der Waals surface area contributed by atoms with Crippen LogP contribution in [0.5, 0.6) is 5.75 Å². The predicted molar refractivity (Wildman–Crippen MR) is 96.9 cm³/mol. The van der Waals surface area contributed by atoms with Gasteiger partial charge in [0.05, 0.1) is 11.1 Å². The van der Waals surface area contributed by atoms with Gasteiger partial charge in [0.15, 0.2) is 0 Å². The van der Waals surface area contributed by atoms with Gasteiger partial charge in [-0.25, -0.2) is 0 Å². The zero-order chi connectivity index (χ0) is 15.4. The van der Waals surface area contributed by atoms with Crippen molar-refractivity contribution in [1.82, 2.24) is 5.32 Å². The van der Waals surface area contributed by atoms with Crippen LogP contribution in [0.2, 0.25) is 0 Å². The molecule has 1 aliphatic rings. The third kappa shape index (κ3) is 5.11. The molecule has 0 unspecified atom stereocenters. The van der Waals surface area contributed by atoms with Gasteiger partial charge in [-0.05, 0) is 53.7 Å². The smallest absolute Gasteiger partial charge is 0.140 e. The summed E-state index contributed by atoms with van der Waals surface area (Å²) in [5.41, 5.74) is 2.53. The standard InChI is InChI=1S/C17H23Br2NO/c1-4-21-17-12(8-14(18)9-16(17)19)7-13(11(2)3)10-20-15-5-6-15/h7-9,11,15,20H,4-6,10H2,1-3H3. The van der Waals surface area contributed by atoms with Crippen molar-refractivity contribution in [2.75, 3.05) is 13.2 Å². The molecule has 2 nitrogen and oxygen atoms in total. The van der Waals surface area contributed by atoms with E-state index < -0.39 is 0 Å². The second-order valence-electron chi connectivity index (χ2n) is 5.77. The molecule has 0 atom stereocenters. The molecule has 0 amide bonds. The van der Waals surface area contributed by atoms with Crippen molar-refractivity contribution in [3.63, 3.8) is 0 Å². The van der Waals surface area contributed by atoms with Gasteiger partial charge in [-0.15, -0.1) is 0 Å². The van der Waals surface area contributed by atoms with E-state index in [4.69, 9.17) is 4.74 Å². The molecular formula is C17H23Br2NO. The summed E-state index contributed by atoms with van der Waals surface area (Å²) in [7, 11) is 0. The highest BCUT2D eigenvalue weighted by atomic mass is 79.9. The molecule has 0 saturated heterocycles. The van der Waals surface area contributed by atoms with Crippen LogP contribution in [0.25, 0.3) is 6.08 Å². The fourth-order valence-corrected chi connectivity index (χ4v) is 3.53. The van der Waals surface area contributed by atoms with Gasteiger partial charge in [0, 0.05) is 22.6 Å². The average molecular weight is 417 g/mol. The van der Waals surface area contributed by atoms with E-state index in [2.05, 4.69) is 63.2 Å². The first kappa shape index (κ1) is 17.0. The Hall–Kier alpha value is -0.320. The van der Waals surface area contributed by atoms with E-state index in [1.54, 1.807) is 0 Å². The van der Waals surface area contributed by atoms with Crippen molar-refractivity contribution in [3.05, 3.63) is 32.2 Å². The molecule has 0 spiro atoms. The lowest BCUT2D eigenvalue weighted by Crippen LogP contribution is -2.21. The Morgan fingerprint density at radius 1 is 1.38 bits per heavy atom. The van der Waals surface area contributed by atoms with Gasteiger partial charge in [0.25, 0.3) is 0 Å².